The van der Waals surface area contributed by atoms with Crippen molar-refractivity contribution in [2.75, 3.05) is 26.2 Å². The highest BCUT2D eigenvalue weighted by Crippen LogP contribution is 2.19. The Labute approximate surface area is 98.1 Å². The van der Waals surface area contributed by atoms with Crippen LogP contribution in [0.2, 0.25) is 0 Å². The molecule has 2 rings (SSSR count). The normalized spacial score (nSPS) is 23.2. The van der Waals surface area contributed by atoms with Crippen molar-refractivity contribution in [1.29, 1.82) is 0 Å². The van der Waals surface area contributed by atoms with Crippen molar-refractivity contribution in [3.8, 4) is 0 Å². The van der Waals surface area contributed by atoms with Crippen LogP contribution < -0.4 is 0 Å². The minimum absolute atomic E-state index is 0.249. The van der Waals surface area contributed by atoms with Gasteiger partial charge in [-0.2, -0.15) is 0 Å². The summed E-state index contributed by atoms with van der Waals surface area (Å²) in [5.74, 6) is 0.784. The summed E-state index contributed by atoms with van der Waals surface area (Å²) < 4.78 is 0. The molecule has 0 atom stereocenters. The molecule has 0 radical (unpaired) electrons. The Kier molecular flexibility index (Phi) is 3.52. The van der Waals surface area contributed by atoms with Gasteiger partial charge in [-0.15, -0.1) is 0 Å². The number of carbonyl (C=O) groups is 1. The molecule has 3 nitrogen and oxygen atoms in total. The van der Waals surface area contributed by atoms with E-state index in [1.807, 2.05) is 9.80 Å². The van der Waals surface area contributed by atoms with Crippen LogP contribution >= 0.6 is 0 Å². The van der Waals surface area contributed by atoms with Crippen LogP contribution in [0.1, 0.15) is 33.1 Å². The lowest BCUT2D eigenvalue weighted by Crippen LogP contribution is -2.48. The van der Waals surface area contributed by atoms with E-state index in [4.69, 9.17) is 0 Å². The van der Waals surface area contributed by atoms with Crippen LogP contribution in [0, 0.1) is 5.92 Å². The topological polar surface area (TPSA) is 23.6 Å². The first-order valence-electron chi connectivity index (χ1n) is 6.36. The average Bonchev–Trinajstić information content (AvgIpc) is 2.29. The van der Waals surface area contributed by atoms with Crippen LogP contribution in [0.4, 0.5) is 4.79 Å². The van der Waals surface area contributed by atoms with Crippen LogP contribution in [0.25, 0.3) is 0 Å². The van der Waals surface area contributed by atoms with E-state index in [-0.39, 0.29) is 6.03 Å². The van der Waals surface area contributed by atoms with Crippen molar-refractivity contribution in [2.45, 2.75) is 33.1 Å². The lowest BCUT2D eigenvalue weighted by atomic mass is 9.99. The third-order valence-electron chi connectivity index (χ3n) is 3.66. The predicted octanol–water partition coefficient (Wildman–Crippen LogP) is 2.49. The van der Waals surface area contributed by atoms with Gasteiger partial charge in [-0.1, -0.05) is 18.6 Å². The standard InChI is InChI=1S/C13H22N2O/c1-11-5-8-14(9-6-11)13(16)15-7-3-4-12(2)10-15/h4,11H,3,5-10H2,1-2H3. The molecule has 2 aliphatic heterocycles. The molecule has 3 heteroatoms. The van der Waals surface area contributed by atoms with Crippen LogP contribution in [-0.2, 0) is 0 Å². The maximum Gasteiger partial charge on any atom is 0.320 e. The number of nitrogens with zero attached hydrogens (tertiary/aromatic N) is 2. The van der Waals surface area contributed by atoms with Gasteiger partial charge in [0, 0.05) is 26.2 Å². The first-order chi connectivity index (χ1) is 7.66. The molecule has 2 aliphatic rings. The molecule has 2 amide bonds. The third-order valence-corrected chi connectivity index (χ3v) is 3.66. The Bertz CT molecular complexity index is 290. The van der Waals surface area contributed by atoms with Gasteiger partial charge in [-0.25, -0.2) is 4.79 Å². The van der Waals surface area contributed by atoms with E-state index < -0.39 is 0 Å². The lowest BCUT2D eigenvalue weighted by Gasteiger charge is -2.36. The van der Waals surface area contributed by atoms with Gasteiger partial charge in [0.15, 0.2) is 0 Å². The molecule has 0 aromatic heterocycles. The van der Waals surface area contributed by atoms with E-state index in [0.717, 1.165) is 51.4 Å². The fourth-order valence-electron chi connectivity index (χ4n) is 2.47. The number of likely N-dealkylation sites (tertiary alicyclic amines) is 1. The Morgan fingerprint density at radius 2 is 1.94 bits per heavy atom. The Morgan fingerprint density at radius 3 is 2.56 bits per heavy atom. The SMILES string of the molecule is CC1=CCCN(C(=O)N2CCC(C)CC2)C1. The highest BCUT2D eigenvalue weighted by atomic mass is 16.2. The summed E-state index contributed by atoms with van der Waals surface area (Å²) in [6.07, 6.45) is 5.58. The van der Waals surface area contributed by atoms with E-state index in [1.54, 1.807) is 0 Å². The van der Waals surface area contributed by atoms with Crippen LogP contribution in [0.15, 0.2) is 11.6 Å². The summed E-state index contributed by atoms with van der Waals surface area (Å²) in [6, 6.07) is 0.249. The molecule has 0 spiro atoms. The van der Waals surface area contributed by atoms with Gasteiger partial charge in [-0.3, -0.25) is 0 Å². The molecule has 1 saturated heterocycles. The van der Waals surface area contributed by atoms with Crippen molar-refractivity contribution >= 4 is 6.03 Å². The zero-order valence-corrected chi connectivity index (χ0v) is 10.4. The largest absolute Gasteiger partial charge is 0.325 e. The number of hydrogen-bond acceptors (Lipinski definition) is 1. The Balaban J connectivity index is 1.90. The van der Waals surface area contributed by atoms with Crippen molar-refractivity contribution in [1.82, 2.24) is 9.80 Å². The molecule has 16 heavy (non-hydrogen) atoms. The number of amides is 2. The molecular formula is C13H22N2O. The third kappa shape index (κ3) is 2.57. The quantitative estimate of drug-likeness (QED) is 0.578. The van der Waals surface area contributed by atoms with E-state index >= 15 is 0 Å². The summed E-state index contributed by atoms with van der Waals surface area (Å²) >= 11 is 0. The first kappa shape index (κ1) is 11.5. The van der Waals surface area contributed by atoms with Gasteiger partial charge in [0.05, 0.1) is 0 Å². The minimum Gasteiger partial charge on any atom is -0.325 e. The van der Waals surface area contributed by atoms with E-state index in [0.29, 0.717) is 0 Å². The fourth-order valence-corrected chi connectivity index (χ4v) is 2.47. The maximum absolute atomic E-state index is 12.2. The number of hydrogen-bond donors (Lipinski definition) is 0. The number of rotatable bonds is 0. The van der Waals surface area contributed by atoms with Crippen LogP contribution in [0.3, 0.4) is 0 Å². The fraction of sp³-hybridized carbons (Fsp3) is 0.769. The monoisotopic (exact) mass is 222 g/mol. The van der Waals surface area contributed by atoms with Gasteiger partial charge in [-0.05, 0) is 32.1 Å². The van der Waals surface area contributed by atoms with Gasteiger partial charge in [0.25, 0.3) is 0 Å². The summed E-state index contributed by atoms with van der Waals surface area (Å²) in [5.41, 5.74) is 1.32. The highest BCUT2D eigenvalue weighted by Gasteiger charge is 2.25. The van der Waals surface area contributed by atoms with Crippen molar-refractivity contribution in [2.24, 2.45) is 5.92 Å². The second-order valence-electron chi connectivity index (χ2n) is 5.21. The molecule has 0 bridgehead atoms. The molecule has 0 aromatic carbocycles. The van der Waals surface area contributed by atoms with Gasteiger partial charge in [0.2, 0.25) is 0 Å². The molecule has 0 saturated carbocycles. The molecule has 90 valence electrons. The molecule has 1 fully saturated rings. The van der Waals surface area contributed by atoms with E-state index in [9.17, 15) is 4.79 Å². The molecule has 0 aromatic rings. The second-order valence-corrected chi connectivity index (χ2v) is 5.21. The zero-order chi connectivity index (χ0) is 11.5. The molecule has 2 heterocycles. The minimum atomic E-state index is 0.249. The van der Waals surface area contributed by atoms with Crippen LogP contribution in [0.5, 0.6) is 0 Å². The molecule has 0 N–H and O–H groups in total. The first-order valence-corrected chi connectivity index (χ1v) is 6.36. The van der Waals surface area contributed by atoms with Crippen LogP contribution in [-0.4, -0.2) is 42.0 Å². The van der Waals surface area contributed by atoms with Gasteiger partial charge >= 0.3 is 6.03 Å². The van der Waals surface area contributed by atoms with E-state index in [2.05, 4.69) is 19.9 Å². The van der Waals surface area contributed by atoms with Gasteiger partial charge < -0.3 is 9.80 Å². The van der Waals surface area contributed by atoms with Crippen molar-refractivity contribution in [3.05, 3.63) is 11.6 Å². The summed E-state index contributed by atoms with van der Waals surface area (Å²) in [6.45, 7) is 7.99. The van der Waals surface area contributed by atoms with Crippen molar-refractivity contribution < 1.29 is 4.79 Å². The average molecular weight is 222 g/mol. The number of piperidine rings is 1. The molecule has 0 aliphatic carbocycles. The van der Waals surface area contributed by atoms with Crippen molar-refractivity contribution in [3.63, 3.8) is 0 Å². The summed E-state index contributed by atoms with van der Waals surface area (Å²) in [5, 5.41) is 0. The number of urea groups is 1. The smallest absolute Gasteiger partial charge is 0.320 e. The highest BCUT2D eigenvalue weighted by molar-refractivity contribution is 5.75. The zero-order valence-electron chi connectivity index (χ0n) is 10.4. The molecular weight excluding hydrogens is 200 g/mol. The maximum atomic E-state index is 12.2. The number of carbonyl (C=O) groups excluding carboxylic acids is 1. The second kappa shape index (κ2) is 4.89. The lowest BCUT2D eigenvalue weighted by molar-refractivity contribution is 0.137. The summed E-state index contributed by atoms with van der Waals surface area (Å²) in [4.78, 5) is 16.2. The Hall–Kier alpha value is -0.990. The summed E-state index contributed by atoms with van der Waals surface area (Å²) in [7, 11) is 0. The molecule has 0 unspecified atom stereocenters. The van der Waals surface area contributed by atoms with E-state index in [1.165, 1.54) is 5.57 Å². The predicted molar refractivity (Wildman–Crippen MR) is 65.3 cm³/mol. The van der Waals surface area contributed by atoms with Gasteiger partial charge in [0.1, 0.15) is 0 Å². The Morgan fingerprint density at radius 1 is 1.25 bits per heavy atom.